The molecule has 4 N–H and O–H groups in total. The van der Waals surface area contributed by atoms with Crippen molar-refractivity contribution >= 4 is 12.0 Å². The number of urea groups is 1. The maximum atomic E-state index is 12.0. The summed E-state index contributed by atoms with van der Waals surface area (Å²) in [6.07, 6.45) is -1.52. The lowest BCUT2D eigenvalue weighted by Gasteiger charge is -2.27. The average molecular weight is 289 g/mol. The molecule has 0 bridgehead atoms. The van der Waals surface area contributed by atoms with E-state index in [1.54, 1.807) is 4.90 Å². The molecule has 1 saturated heterocycles. The molecule has 1 aliphatic heterocycles. The Balaban J connectivity index is 2.42. The summed E-state index contributed by atoms with van der Waals surface area (Å²) in [6.45, 7) is 1.00. The first kappa shape index (κ1) is 16.7. The molecule has 8 heteroatoms. The Bertz CT molecular complexity index is 350. The van der Waals surface area contributed by atoms with Gasteiger partial charge in [-0.15, -0.1) is 0 Å². The number of carboxylic acids is 1. The number of β-amino-alcohol motifs (C(OH)–C–C–N with tert-alkyl or cyclic N) is 1. The summed E-state index contributed by atoms with van der Waals surface area (Å²) in [5.74, 6) is -1.30. The van der Waals surface area contributed by atoms with Crippen LogP contribution in [0.25, 0.3) is 0 Å². The van der Waals surface area contributed by atoms with Crippen molar-refractivity contribution in [3.8, 4) is 0 Å². The van der Waals surface area contributed by atoms with Crippen LogP contribution in [0.1, 0.15) is 12.8 Å². The Morgan fingerprint density at radius 1 is 1.45 bits per heavy atom. The first-order valence-corrected chi connectivity index (χ1v) is 6.59. The molecule has 3 unspecified atom stereocenters. The van der Waals surface area contributed by atoms with E-state index < -0.39 is 18.2 Å². The zero-order valence-electron chi connectivity index (χ0n) is 11.8. The van der Waals surface area contributed by atoms with Gasteiger partial charge in [0.15, 0.2) is 6.10 Å². The predicted molar refractivity (Wildman–Crippen MR) is 71.3 cm³/mol. The van der Waals surface area contributed by atoms with E-state index >= 15 is 0 Å². The fourth-order valence-electron chi connectivity index (χ4n) is 2.28. The third-order valence-electron chi connectivity index (χ3n) is 3.21. The van der Waals surface area contributed by atoms with Crippen molar-refractivity contribution in [1.82, 2.24) is 15.1 Å². The Morgan fingerprint density at radius 2 is 2.10 bits per heavy atom. The van der Waals surface area contributed by atoms with Crippen LogP contribution in [0, 0.1) is 0 Å². The Hall–Kier alpha value is -1.38. The van der Waals surface area contributed by atoms with Gasteiger partial charge in [-0.25, -0.2) is 9.59 Å². The van der Waals surface area contributed by atoms with E-state index in [4.69, 9.17) is 10.2 Å². The molecule has 1 heterocycles. The van der Waals surface area contributed by atoms with Crippen LogP contribution in [-0.4, -0.2) is 89.1 Å². The fraction of sp³-hybridized carbons (Fsp3) is 0.833. The number of aliphatic carboxylic acids is 1. The van der Waals surface area contributed by atoms with Crippen LogP contribution in [0.4, 0.5) is 4.79 Å². The number of likely N-dealkylation sites (tertiary alicyclic amines) is 1. The minimum absolute atomic E-state index is 0.0458. The predicted octanol–water partition coefficient (Wildman–Crippen LogP) is -1.47. The molecule has 116 valence electrons. The van der Waals surface area contributed by atoms with Crippen molar-refractivity contribution in [2.45, 2.75) is 31.1 Å². The molecule has 2 amide bonds. The molecule has 8 nitrogen and oxygen atoms in total. The Morgan fingerprint density at radius 3 is 2.65 bits per heavy atom. The van der Waals surface area contributed by atoms with Crippen LogP contribution in [0.5, 0.6) is 0 Å². The van der Waals surface area contributed by atoms with Crippen molar-refractivity contribution < 1.29 is 24.9 Å². The lowest BCUT2D eigenvalue weighted by molar-refractivity contribution is -0.146. The quantitative estimate of drug-likeness (QED) is 0.475. The monoisotopic (exact) mass is 289 g/mol. The number of carboxylic acid groups (broad SMARTS) is 1. The Labute approximate surface area is 118 Å². The summed E-state index contributed by atoms with van der Waals surface area (Å²) in [6, 6.07) is -0.407. The van der Waals surface area contributed by atoms with Crippen molar-refractivity contribution in [3.05, 3.63) is 0 Å². The van der Waals surface area contributed by atoms with Crippen LogP contribution in [0.2, 0.25) is 0 Å². The summed E-state index contributed by atoms with van der Waals surface area (Å²) in [4.78, 5) is 25.9. The lowest BCUT2D eigenvalue weighted by atomic mass is 10.2. The second-order valence-corrected chi connectivity index (χ2v) is 5.33. The van der Waals surface area contributed by atoms with E-state index in [-0.39, 0.29) is 31.6 Å². The first-order valence-electron chi connectivity index (χ1n) is 6.59. The molecule has 1 rings (SSSR count). The third kappa shape index (κ3) is 4.95. The van der Waals surface area contributed by atoms with E-state index in [2.05, 4.69) is 5.32 Å². The van der Waals surface area contributed by atoms with Gasteiger partial charge in [-0.1, -0.05) is 0 Å². The molecule has 1 aliphatic rings. The number of aliphatic hydroxyl groups excluding tert-OH is 2. The largest absolute Gasteiger partial charge is 0.479 e. The topological polar surface area (TPSA) is 113 Å². The number of amides is 2. The van der Waals surface area contributed by atoms with Crippen molar-refractivity contribution in [1.29, 1.82) is 0 Å². The molecule has 0 aromatic carbocycles. The molecular formula is C12H23N3O5. The summed E-state index contributed by atoms with van der Waals surface area (Å²) in [5.41, 5.74) is 0. The van der Waals surface area contributed by atoms with E-state index in [1.807, 2.05) is 19.0 Å². The molecular weight excluding hydrogens is 266 g/mol. The van der Waals surface area contributed by atoms with Crippen LogP contribution >= 0.6 is 0 Å². The number of likely N-dealkylation sites (N-methyl/N-ethyl adjacent to an activating group) is 1. The summed E-state index contributed by atoms with van der Waals surface area (Å²) >= 11 is 0. The van der Waals surface area contributed by atoms with E-state index in [0.717, 1.165) is 0 Å². The zero-order valence-corrected chi connectivity index (χ0v) is 11.8. The van der Waals surface area contributed by atoms with Crippen molar-refractivity contribution in [3.63, 3.8) is 0 Å². The van der Waals surface area contributed by atoms with Gasteiger partial charge in [-0.05, 0) is 20.5 Å². The van der Waals surface area contributed by atoms with E-state index in [0.29, 0.717) is 13.0 Å². The van der Waals surface area contributed by atoms with Crippen LogP contribution in [-0.2, 0) is 4.79 Å². The molecule has 0 spiro atoms. The zero-order chi connectivity index (χ0) is 15.3. The maximum Gasteiger partial charge on any atom is 0.332 e. The second kappa shape index (κ2) is 7.41. The number of hydrogen-bond acceptors (Lipinski definition) is 5. The van der Waals surface area contributed by atoms with Crippen LogP contribution in [0.15, 0.2) is 0 Å². The maximum absolute atomic E-state index is 12.0. The highest BCUT2D eigenvalue weighted by atomic mass is 16.4. The molecule has 0 aliphatic carbocycles. The van der Waals surface area contributed by atoms with Gasteiger partial charge < -0.3 is 30.4 Å². The number of nitrogens with zero attached hydrogens (tertiary/aromatic N) is 2. The minimum atomic E-state index is -1.47. The smallest absolute Gasteiger partial charge is 0.332 e. The van der Waals surface area contributed by atoms with E-state index in [9.17, 15) is 14.7 Å². The van der Waals surface area contributed by atoms with Gasteiger partial charge in [0.1, 0.15) is 0 Å². The number of carbonyl (C=O) groups excluding carboxylic acids is 1. The van der Waals surface area contributed by atoms with Gasteiger partial charge in [0, 0.05) is 32.1 Å². The first-order chi connectivity index (χ1) is 9.31. The molecule has 3 atom stereocenters. The molecule has 20 heavy (non-hydrogen) atoms. The van der Waals surface area contributed by atoms with Gasteiger partial charge in [0.25, 0.3) is 0 Å². The molecule has 0 radical (unpaired) electrons. The highest BCUT2D eigenvalue weighted by molar-refractivity contribution is 5.75. The lowest BCUT2D eigenvalue weighted by Crippen LogP contribution is -2.47. The SMILES string of the molecule is CN(C)CC1CC(O)CN1C(=O)NCCC(O)C(=O)O. The van der Waals surface area contributed by atoms with Gasteiger partial charge in [-0.3, -0.25) is 0 Å². The van der Waals surface area contributed by atoms with Gasteiger partial charge >= 0.3 is 12.0 Å². The summed E-state index contributed by atoms with van der Waals surface area (Å²) < 4.78 is 0. The number of hydrogen-bond donors (Lipinski definition) is 4. The average Bonchev–Trinajstić information content (AvgIpc) is 2.68. The number of aliphatic hydroxyl groups is 2. The number of rotatable bonds is 6. The standard InChI is InChI=1S/C12H23N3O5/c1-14(2)6-8-5-9(16)7-15(8)12(20)13-4-3-10(17)11(18)19/h8-10,16-17H,3-7H2,1-2H3,(H,13,20)(H,18,19). The molecule has 0 aromatic heterocycles. The normalized spacial score (nSPS) is 23.9. The second-order valence-electron chi connectivity index (χ2n) is 5.33. The minimum Gasteiger partial charge on any atom is -0.479 e. The van der Waals surface area contributed by atoms with Crippen molar-refractivity contribution in [2.75, 3.05) is 33.7 Å². The third-order valence-corrected chi connectivity index (χ3v) is 3.21. The van der Waals surface area contributed by atoms with Crippen LogP contribution in [0.3, 0.4) is 0 Å². The van der Waals surface area contributed by atoms with E-state index in [1.165, 1.54) is 0 Å². The Kier molecular flexibility index (Phi) is 6.18. The number of nitrogens with one attached hydrogen (secondary N) is 1. The molecule has 0 saturated carbocycles. The summed E-state index contributed by atoms with van der Waals surface area (Å²) in [5, 5.41) is 29.9. The van der Waals surface area contributed by atoms with Gasteiger partial charge in [0.2, 0.25) is 0 Å². The highest BCUT2D eigenvalue weighted by Gasteiger charge is 2.34. The van der Waals surface area contributed by atoms with Gasteiger partial charge in [0.05, 0.1) is 6.10 Å². The fourth-order valence-corrected chi connectivity index (χ4v) is 2.28. The summed E-state index contributed by atoms with van der Waals surface area (Å²) in [7, 11) is 3.79. The van der Waals surface area contributed by atoms with Crippen LogP contribution < -0.4 is 5.32 Å². The van der Waals surface area contributed by atoms with Gasteiger partial charge in [-0.2, -0.15) is 0 Å². The molecule has 1 fully saturated rings. The number of carbonyl (C=O) groups is 2. The highest BCUT2D eigenvalue weighted by Crippen LogP contribution is 2.18. The van der Waals surface area contributed by atoms with Crippen molar-refractivity contribution in [2.24, 2.45) is 0 Å². The molecule has 0 aromatic rings.